The van der Waals surface area contributed by atoms with Crippen LogP contribution >= 0.6 is 0 Å². The number of hydrogen-bond acceptors (Lipinski definition) is 2. The van der Waals surface area contributed by atoms with Crippen LogP contribution < -0.4 is 0 Å². The van der Waals surface area contributed by atoms with Crippen molar-refractivity contribution in [2.24, 2.45) is 0 Å². The topological polar surface area (TPSA) is 18.5 Å². The third-order valence-electron chi connectivity index (χ3n) is 7.59. The van der Waals surface area contributed by atoms with E-state index < -0.39 is 0 Å². The maximum atomic E-state index is 5.95. The van der Waals surface area contributed by atoms with Gasteiger partial charge in [0.1, 0.15) is 0 Å². The van der Waals surface area contributed by atoms with E-state index in [1.165, 1.54) is 141 Å². The molecule has 0 N–H and O–H groups in total. The summed E-state index contributed by atoms with van der Waals surface area (Å²) in [4.78, 5) is 0. The van der Waals surface area contributed by atoms with Gasteiger partial charge in [-0.25, -0.2) is 0 Å². The molecule has 0 spiro atoms. The third kappa shape index (κ3) is 36.9. The molecule has 0 bridgehead atoms. The van der Waals surface area contributed by atoms with E-state index in [4.69, 9.17) is 9.47 Å². The second-order valence-electron chi connectivity index (χ2n) is 11.9. The van der Waals surface area contributed by atoms with E-state index in [9.17, 15) is 0 Å². The Bertz CT molecular complexity index is 588. The number of unbranched alkanes of at least 4 members (excludes halogenated alkanes) is 18. The van der Waals surface area contributed by atoms with Crippen LogP contribution in [-0.2, 0) is 9.47 Å². The van der Waals surface area contributed by atoms with Gasteiger partial charge in [-0.15, -0.1) is 0 Å². The quantitative estimate of drug-likeness (QED) is 0.0575. The molecule has 0 aromatic carbocycles. The van der Waals surface area contributed by atoms with E-state index >= 15 is 0 Å². The van der Waals surface area contributed by atoms with Gasteiger partial charge in [0.25, 0.3) is 0 Å². The third-order valence-corrected chi connectivity index (χ3v) is 7.59. The first-order valence-electron chi connectivity index (χ1n) is 18.1. The first-order valence-corrected chi connectivity index (χ1v) is 18.1. The van der Waals surface area contributed by atoms with Crippen molar-refractivity contribution in [3.8, 4) is 0 Å². The van der Waals surface area contributed by atoms with Crippen LogP contribution in [0, 0.1) is 0 Å². The predicted molar refractivity (Wildman–Crippen MR) is 185 cm³/mol. The Morgan fingerprint density at radius 2 is 0.780 bits per heavy atom. The smallest absolute Gasteiger partial charge is 0.0780 e. The second kappa shape index (κ2) is 36.9. The lowest BCUT2D eigenvalue weighted by molar-refractivity contribution is -0.00869. The van der Waals surface area contributed by atoms with Crippen LogP contribution in [0.5, 0.6) is 0 Å². The maximum Gasteiger partial charge on any atom is 0.0780 e. The highest BCUT2D eigenvalue weighted by Gasteiger charge is 2.02. The molecule has 0 saturated heterocycles. The van der Waals surface area contributed by atoms with Crippen molar-refractivity contribution < 1.29 is 9.47 Å². The van der Waals surface area contributed by atoms with Crippen molar-refractivity contribution in [2.45, 2.75) is 181 Å². The molecule has 0 amide bonds. The summed E-state index contributed by atoms with van der Waals surface area (Å²) < 4.78 is 11.8. The summed E-state index contributed by atoms with van der Waals surface area (Å²) in [7, 11) is 0. The molecule has 0 aromatic heterocycles. The van der Waals surface area contributed by atoms with Crippen LogP contribution in [0.3, 0.4) is 0 Å². The zero-order valence-electron chi connectivity index (χ0n) is 28.1. The molecule has 0 aliphatic heterocycles. The van der Waals surface area contributed by atoms with Gasteiger partial charge in [0.05, 0.1) is 12.7 Å². The number of allylic oxidation sites excluding steroid dienone is 8. The maximum absolute atomic E-state index is 5.95. The highest BCUT2D eigenvalue weighted by atomic mass is 16.5. The van der Waals surface area contributed by atoms with Gasteiger partial charge < -0.3 is 9.47 Å². The first-order chi connectivity index (χ1) is 20.3. The molecule has 0 fully saturated rings. The van der Waals surface area contributed by atoms with Crippen molar-refractivity contribution in [3.63, 3.8) is 0 Å². The molecule has 240 valence electrons. The zero-order chi connectivity index (χ0) is 29.7. The minimum atomic E-state index is 0.220. The number of hydrogen-bond donors (Lipinski definition) is 0. The summed E-state index contributed by atoms with van der Waals surface area (Å²) in [5.74, 6) is 0. The normalized spacial score (nSPS) is 13.1. The first kappa shape index (κ1) is 39.9. The molecule has 1 unspecified atom stereocenters. The molecular weight excluding hydrogens is 500 g/mol. The van der Waals surface area contributed by atoms with E-state index in [0.717, 1.165) is 32.7 Å². The molecule has 0 rings (SSSR count). The fraction of sp³-hybridized carbons (Fsp3) is 0.795. The van der Waals surface area contributed by atoms with Crippen molar-refractivity contribution in [2.75, 3.05) is 19.8 Å². The summed E-state index contributed by atoms with van der Waals surface area (Å²) in [5, 5.41) is 0. The molecule has 0 aliphatic carbocycles. The van der Waals surface area contributed by atoms with E-state index in [1.807, 2.05) is 0 Å². The van der Waals surface area contributed by atoms with Gasteiger partial charge in [-0.2, -0.15) is 0 Å². The Balaban J connectivity index is 3.27. The van der Waals surface area contributed by atoms with Gasteiger partial charge in [-0.1, -0.05) is 140 Å². The summed E-state index contributed by atoms with van der Waals surface area (Å²) in [5.41, 5.74) is 0. The van der Waals surface area contributed by atoms with E-state index in [1.54, 1.807) is 0 Å². The predicted octanol–water partition coefficient (Wildman–Crippen LogP) is 13.0. The molecular formula is C39H72O2. The summed E-state index contributed by atoms with van der Waals surface area (Å²) in [6.45, 7) is 9.17. The highest BCUT2D eigenvalue weighted by molar-refractivity contribution is 4.93. The molecule has 0 heterocycles. The lowest BCUT2D eigenvalue weighted by Crippen LogP contribution is -2.17. The Kier molecular flexibility index (Phi) is 35.9. The second-order valence-corrected chi connectivity index (χ2v) is 11.9. The van der Waals surface area contributed by atoms with Crippen molar-refractivity contribution in [3.05, 3.63) is 48.6 Å². The average molecular weight is 573 g/mol. The van der Waals surface area contributed by atoms with Crippen LogP contribution in [0.4, 0.5) is 0 Å². The van der Waals surface area contributed by atoms with Gasteiger partial charge >= 0.3 is 0 Å². The minimum Gasteiger partial charge on any atom is -0.379 e. The number of ether oxygens (including phenoxy) is 2. The highest BCUT2D eigenvalue weighted by Crippen LogP contribution is 2.10. The largest absolute Gasteiger partial charge is 0.379 e. The number of rotatable bonds is 33. The van der Waals surface area contributed by atoms with Crippen LogP contribution in [0.15, 0.2) is 48.6 Å². The van der Waals surface area contributed by atoms with Crippen LogP contribution in [-0.4, -0.2) is 25.9 Å². The van der Waals surface area contributed by atoms with E-state index in [0.29, 0.717) is 0 Å². The fourth-order valence-corrected chi connectivity index (χ4v) is 4.86. The van der Waals surface area contributed by atoms with Gasteiger partial charge in [-0.3, -0.25) is 0 Å². The van der Waals surface area contributed by atoms with E-state index in [2.05, 4.69) is 69.4 Å². The van der Waals surface area contributed by atoms with Gasteiger partial charge in [0.2, 0.25) is 0 Å². The Morgan fingerprint density at radius 3 is 1.22 bits per heavy atom. The standard InChI is InChI=1S/C39H72O2/c1-4-6-8-10-12-14-16-18-20-22-24-26-28-30-32-34-36-40-38-39(3)41-37-35-33-31-29-27-25-23-21-19-17-15-13-11-9-7-5-2/h12-15,18-21,39H,4-11,16-17,22-38H2,1-3H3/b14-12-,15-13-,20-18-,21-19-. The monoisotopic (exact) mass is 573 g/mol. The summed E-state index contributed by atoms with van der Waals surface area (Å²) in [6, 6.07) is 0. The zero-order valence-corrected chi connectivity index (χ0v) is 28.1. The molecule has 0 aromatic rings. The Morgan fingerprint density at radius 1 is 0.415 bits per heavy atom. The average Bonchev–Trinajstić information content (AvgIpc) is 2.98. The molecule has 2 heteroatoms. The SMILES string of the molecule is CCCCC/C=C\C/C=C\CCCCCCCCOCC(C)OCCCCCCCC/C=C\C/C=C\CCCCC. The van der Waals surface area contributed by atoms with E-state index in [-0.39, 0.29) is 6.10 Å². The molecule has 1 atom stereocenters. The summed E-state index contributed by atoms with van der Waals surface area (Å²) in [6.07, 6.45) is 49.9. The van der Waals surface area contributed by atoms with Crippen LogP contribution in [0.1, 0.15) is 175 Å². The Hall–Kier alpha value is -1.12. The Labute approximate surface area is 258 Å². The molecule has 2 nitrogen and oxygen atoms in total. The molecule has 0 saturated carbocycles. The summed E-state index contributed by atoms with van der Waals surface area (Å²) >= 11 is 0. The van der Waals surface area contributed by atoms with Gasteiger partial charge in [0, 0.05) is 13.2 Å². The lowest BCUT2D eigenvalue weighted by atomic mass is 10.1. The van der Waals surface area contributed by atoms with Crippen LogP contribution in [0.2, 0.25) is 0 Å². The van der Waals surface area contributed by atoms with Crippen molar-refractivity contribution in [1.29, 1.82) is 0 Å². The van der Waals surface area contributed by atoms with Crippen LogP contribution in [0.25, 0.3) is 0 Å². The van der Waals surface area contributed by atoms with Crippen molar-refractivity contribution in [1.82, 2.24) is 0 Å². The minimum absolute atomic E-state index is 0.220. The molecule has 0 aliphatic rings. The van der Waals surface area contributed by atoms with Gasteiger partial charge in [0.15, 0.2) is 0 Å². The van der Waals surface area contributed by atoms with Crippen molar-refractivity contribution >= 4 is 0 Å². The van der Waals surface area contributed by atoms with Gasteiger partial charge in [-0.05, 0) is 84.0 Å². The lowest BCUT2D eigenvalue weighted by Gasteiger charge is -2.13. The molecule has 41 heavy (non-hydrogen) atoms. The fourth-order valence-electron chi connectivity index (χ4n) is 4.86. The molecule has 0 radical (unpaired) electrons.